The Balaban J connectivity index is 1.61. The van der Waals surface area contributed by atoms with Crippen LogP contribution in [0.15, 0.2) is 23.1 Å². The molecule has 2 fully saturated rings. The van der Waals surface area contributed by atoms with Crippen molar-refractivity contribution in [2.24, 2.45) is 5.92 Å². The third-order valence-corrected chi connectivity index (χ3v) is 6.61. The molecule has 0 amide bonds. The van der Waals surface area contributed by atoms with Crippen molar-refractivity contribution in [3.63, 3.8) is 0 Å². The summed E-state index contributed by atoms with van der Waals surface area (Å²) in [6.45, 7) is 2.29. The lowest BCUT2D eigenvalue weighted by Crippen LogP contribution is -2.55. The van der Waals surface area contributed by atoms with Gasteiger partial charge in [0.25, 0.3) is 0 Å². The van der Waals surface area contributed by atoms with Crippen molar-refractivity contribution in [2.75, 3.05) is 13.1 Å². The number of hydrogen-bond donors (Lipinski definition) is 2. The monoisotopic (exact) mass is 370 g/mol. The van der Waals surface area contributed by atoms with Gasteiger partial charge in [-0.05, 0) is 50.2 Å². The zero-order valence-corrected chi connectivity index (χ0v) is 14.9. The molecule has 6 nitrogen and oxygen atoms in total. The number of nitrogens with one attached hydrogen (secondary N) is 1. The topological polar surface area (TPSA) is 86.7 Å². The third-order valence-electron chi connectivity index (χ3n) is 4.91. The smallest absolute Gasteiger partial charge is 0.317 e. The van der Waals surface area contributed by atoms with Crippen molar-refractivity contribution >= 4 is 16.0 Å². The van der Waals surface area contributed by atoms with Crippen LogP contribution < -0.4 is 4.72 Å². The van der Waals surface area contributed by atoms with E-state index in [1.165, 1.54) is 6.07 Å². The van der Waals surface area contributed by atoms with Gasteiger partial charge in [-0.15, -0.1) is 0 Å². The largest absolute Gasteiger partial charge is 0.480 e. The van der Waals surface area contributed by atoms with E-state index >= 15 is 0 Å². The molecule has 1 aromatic carbocycles. The number of benzene rings is 1. The predicted molar refractivity (Wildman–Crippen MR) is 90.2 cm³/mol. The van der Waals surface area contributed by atoms with Crippen LogP contribution in [0, 0.1) is 18.7 Å². The minimum absolute atomic E-state index is 0.0208. The molecule has 0 bridgehead atoms. The highest BCUT2D eigenvalue weighted by Gasteiger charge is 2.39. The molecular weight excluding hydrogens is 347 g/mol. The van der Waals surface area contributed by atoms with Crippen molar-refractivity contribution in [1.82, 2.24) is 9.62 Å². The number of carboxylic acids is 1. The average Bonchev–Trinajstić information content (AvgIpc) is 3.24. The van der Waals surface area contributed by atoms with Gasteiger partial charge in [-0.3, -0.25) is 9.69 Å². The van der Waals surface area contributed by atoms with Crippen molar-refractivity contribution in [1.29, 1.82) is 0 Å². The van der Waals surface area contributed by atoms with E-state index in [1.807, 2.05) is 4.90 Å². The Morgan fingerprint density at radius 1 is 1.36 bits per heavy atom. The average molecular weight is 370 g/mol. The highest BCUT2D eigenvalue weighted by molar-refractivity contribution is 7.89. The lowest BCUT2D eigenvalue weighted by Gasteiger charge is -2.42. The van der Waals surface area contributed by atoms with Gasteiger partial charge in [0.15, 0.2) is 0 Å². The van der Waals surface area contributed by atoms with E-state index in [1.54, 1.807) is 13.0 Å². The van der Waals surface area contributed by atoms with Crippen LogP contribution in [-0.2, 0) is 14.8 Å². The SMILES string of the molecule is Cc1cccc(F)c1S(=O)(=O)NC1CC(N(CC(=O)O)CC2CC2)C1. The lowest BCUT2D eigenvalue weighted by atomic mass is 9.86. The fourth-order valence-electron chi connectivity index (χ4n) is 3.37. The zero-order chi connectivity index (χ0) is 18.2. The standard InChI is InChI=1S/C17H23FN2O4S/c1-11-3-2-4-15(18)17(11)25(23,24)19-13-7-14(8-13)20(10-16(21)22)9-12-5-6-12/h2-4,12-14,19H,5-10H2,1H3,(H,21,22). The maximum atomic E-state index is 13.9. The second kappa shape index (κ2) is 7.01. The van der Waals surface area contributed by atoms with Gasteiger partial charge in [-0.2, -0.15) is 0 Å². The molecule has 0 aromatic heterocycles. The number of sulfonamides is 1. The van der Waals surface area contributed by atoms with Crippen molar-refractivity contribution in [3.05, 3.63) is 29.6 Å². The Morgan fingerprint density at radius 3 is 2.60 bits per heavy atom. The van der Waals surface area contributed by atoms with Gasteiger partial charge >= 0.3 is 5.97 Å². The number of carboxylic acid groups (broad SMARTS) is 1. The summed E-state index contributed by atoms with van der Waals surface area (Å²) in [7, 11) is -3.92. The molecule has 2 N–H and O–H groups in total. The molecular formula is C17H23FN2O4S. The van der Waals surface area contributed by atoms with Crippen LogP contribution in [0.1, 0.15) is 31.2 Å². The molecule has 0 atom stereocenters. The van der Waals surface area contributed by atoms with Crippen LogP contribution in [0.3, 0.4) is 0 Å². The minimum atomic E-state index is -3.92. The Morgan fingerprint density at radius 2 is 2.04 bits per heavy atom. The van der Waals surface area contributed by atoms with E-state index in [2.05, 4.69) is 4.72 Å². The van der Waals surface area contributed by atoms with E-state index in [0.29, 0.717) is 24.3 Å². The second-order valence-electron chi connectivity index (χ2n) is 7.10. The van der Waals surface area contributed by atoms with E-state index in [0.717, 1.165) is 25.5 Å². The predicted octanol–water partition coefficient (Wildman–Crippen LogP) is 1.74. The van der Waals surface area contributed by atoms with E-state index in [-0.39, 0.29) is 23.5 Å². The first-order valence-corrected chi connectivity index (χ1v) is 9.98. The van der Waals surface area contributed by atoms with Crippen molar-refractivity contribution in [2.45, 2.75) is 49.6 Å². The summed E-state index contributed by atoms with van der Waals surface area (Å²) in [6, 6.07) is 3.95. The molecule has 0 saturated heterocycles. The summed E-state index contributed by atoms with van der Waals surface area (Å²) in [5.74, 6) is -1.06. The molecule has 0 spiro atoms. The van der Waals surface area contributed by atoms with Crippen LogP contribution >= 0.6 is 0 Å². The molecule has 0 aliphatic heterocycles. The highest BCUT2D eigenvalue weighted by Crippen LogP contribution is 2.34. The first-order valence-electron chi connectivity index (χ1n) is 8.49. The quantitative estimate of drug-likeness (QED) is 0.728. The summed E-state index contributed by atoms with van der Waals surface area (Å²) in [5, 5.41) is 9.05. The molecule has 138 valence electrons. The second-order valence-corrected chi connectivity index (χ2v) is 8.75. The summed E-state index contributed by atoms with van der Waals surface area (Å²) < 4.78 is 41.4. The number of carbonyl (C=O) groups is 1. The Hall–Kier alpha value is -1.51. The summed E-state index contributed by atoms with van der Waals surface area (Å²) in [6.07, 6.45) is 3.36. The first kappa shape index (κ1) is 18.3. The minimum Gasteiger partial charge on any atom is -0.480 e. The molecule has 8 heteroatoms. The molecule has 25 heavy (non-hydrogen) atoms. The zero-order valence-electron chi connectivity index (χ0n) is 14.1. The van der Waals surface area contributed by atoms with Crippen LogP contribution in [0.25, 0.3) is 0 Å². The molecule has 2 aliphatic carbocycles. The number of nitrogens with zero attached hydrogens (tertiary/aromatic N) is 1. The summed E-state index contributed by atoms with van der Waals surface area (Å²) >= 11 is 0. The van der Waals surface area contributed by atoms with Gasteiger partial charge in [0.05, 0.1) is 6.54 Å². The number of halogens is 1. The number of rotatable bonds is 8. The van der Waals surface area contributed by atoms with Crippen LogP contribution in [0.2, 0.25) is 0 Å². The molecule has 0 unspecified atom stereocenters. The first-order chi connectivity index (χ1) is 11.8. The normalized spacial score (nSPS) is 23.5. The van der Waals surface area contributed by atoms with Crippen LogP contribution in [0.5, 0.6) is 0 Å². The van der Waals surface area contributed by atoms with E-state index < -0.39 is 21.8 Å². The van der Waals surface area contributed by atoms with Gasteiger partial charge in [0, 0.05) is 18.6 Å². The Kier molecular flexibility index (Phi) is 5.13. The fourth-order valence-corrected chi connectivity index (χ4v) is 4.93. The molecule has 1 aromatic rings. The van der Waals surface area contributed by atoms with Gasteiger partial charge in [0.1, 0.15) is 10.7 Å². The van der Waals surface area contributed by atoms with Crippen molar-refractivity contribution < 1.29 is 22.7 Å². The van der Waals surface area contributed by atoms with Gasteiger partial charge < -0.3 is 5.11 Å². The molecule has 2 aliphatic rings. The fraction of sp³-hybridized carbons (Fsp3) is 0.588. The molecule has 2 saturated carbocycles. The molecule has 0 heterocycles. The molecule has 0 radical (unpaired) electrons. The molecule has 3 rings (SSSR count). The van der Waals surface area contributed by atoms with Crippen molar-refractivity contribution in [3.8, 4) is 0 Å². The lowest BCUT2D eigenvalue weighted by molar-refractivity contribution is -0.139. The van der Waals surface area contributed by atoms with E-state index in [4.69, 9.17) is 5.11 Å². The maximum Gasteiger partial charge on any atom is 0.317 e. The van der Waals surface area contributed by atoms with Crippen LogP contribution in [0.4, 0.5) is 4.39 Å². The summed E-state index contributed by atoms with van der Waals surface area (Å²) in [5.41, 5.74) is 0.365. The van der Waals surface area contributed by atoms with Gasteiger partial charge in [-0.25, -0.2) is 17.5 Å². The Labute approximate surface area is 147 Å². The van der Waals surface area contributed by atoms with Gasteiger partial charge in [-0.1, -0.05) is 12.1 Å². The third kappa shape index (κ3) is 4.37. The van der Waals surface area contributed by atoms with Gasteiger partial charge in [0.2, 0.25) is 10.0 Å². The maximum absolute atomic E-state index is 13.9. The number of hydrogen-bond acceptors (Lipinski definition) is 4. The highest BCUT2D eigenvalue weighted by atomic mass is 32.2. The number of aliphatic carboxylic acids is 1. The van der Waals surface area contributed by atoms with Crippen LogP contribution in [-0.4, -0.2) is 49.6 Å². The van der Waals surface area contributed by atoms with E-state index in [9.17, 15) is 17.6 Å². The summed E-state index contributed by atoms with van der Waals surface area (Å²) in [4.78, 5) is 12.7. The Bertz CT molecular complexity index is 738. The number of aryl methyl sites for hydroxylation is 1.